The third-order valence-electron chi connectivity index (χ3n) is 4.63. The highest BCUT2D eigenvalue weighted by Gasteiger charge is 2.24. The van der Waals surface area contributed by atoms with Gasteiger partial charge in [-0.2, -0.15) is 0 Å². The fraction of sp³-hybridized carbons (Fsp3) is 0.333. The molecular formula is C21H23FN2O3. The summed E-state index contributed by atoms with van der Waals surface area (Å²) >= 11 is 0. The van der Waals surface area contributed by atoms with E-state index in [0.29, 0.717) is 5.56 Å². The fourth-order valence-electron chi connectivity index (χ4n) is 3.14. The molecule has 0 saturated carbocycles. The van der Waals surface area contributed by atoms with Crippen molar-refractivity contribution in [3.63, 3.8) is 0 Å². The van der Waals surface area contributed by atoms with Crippen LogP contribution in [0, 0.1) is 12.7 Å². The number of aryl methyl sites for hydroxylation is 1. The molecule has 1 amide bonds. The van der Waals surface area contributed by atoms with Gasteiger partial charge in [0.1, 0.15) is 5.82 Å². The van der Waals surface area contributed by atoms with Crippen LogP contribution in [0.5, 0.6) is 0 Å². The number of nitrogens with one attached hydrogen (secondary N) is 1. The van der Waals surface area contributed by atoms with Crippen LogP contribution < -0.4 is 5.32 Å². The van der Waals surface area contributed by atoms with Crippen molar-refractivity contribution in [1.29, 1.82) is 0 Å². The van der Waals surface area contributed by atoms with Crippen LogP contribution in [0.15, 0.2) is 48.5 Å². The number of carbonyl (C=O) groups excluding carboxylic acids is 2. The molecule has 3 rings (SSSR count). The summed E-state index contributed by atoms with van der Waals surface area (Å²) in [6.45, 7) is 3.76. The molecule has 2 aromatic rings. The lowest BCUT2D eigenvalue weighted by atomic mass is 10.1. The van der Waals surface area contributed by atoms with E-state index >= 15 is 0 Å². The van der Waals surface area contributed by atoms with Gasteiger partial charge in [-0.05, 0) is 36.6 Å². The van der Waals surface area contributed by atoms with Gasteiger partial charge in [0.25, 0.3) is 5.91 Å². The number of likely N-dealkylation sites (tertiary alicyclic amines) is 1. The molecular weight excluding hydrogens is 347 g/mol. The van der Waals surface area contributed by atoms with Gasteiger partial charge in [-0.25, -0.2) is 9.18 Å². The first kappa shape index (κ1) is 19.0. The Bertz CT molecular complexity index is 810. The van der Waals surface area contributed by atoms with Gasteiger partial charge in [0.15, 0.2) is 6.61 Å². The Hall–Kier alpha value is -2.73. The van der Waals surface area contributed by atoms with Crippen LogP contribution in [0.1, 0.15) is 27.9 Å². The molecule has 1 fully saturated rings. The molecule has 1 saturated heterocycles. The number of nitrogens with zero attached hydrogens (tertiary/aromatic N) is 1. The van der Waals surface area contributed by atoms with Gasteiger partial charge in [0.2, 0.25) is 0 Å². The molecule has 1 unspecified atom stereocenters. The van der Waals surface area contributed by atoms with Gasteiger partial charge < -0.3 is 10.1 Å². The zero-order valence-electron chi connectivity index (χ0n) is 15.3. The first-order valence-corrected chi connectivity index (χ1v) is 9.00. The summed E-state index contributed by atoms with van der Waals surface area (Å²) in [6.07, 6.45) is 0.857. The van der Waals surface area contributed by atoms with Crippen molar-refractivity contribution in [2.45, 2.75) is 25.9 Å². The van der Waals surface area contributed by atoms with E-state index in [-0.39, 0.29) is 24.1 Å². The standard InChI is InChI=1S/C21H23FN2O3/c1-15-7-8-17(11-19(15)22)21(26)27-14-20(25)23-18-9-10-24(13-18)12-16-5-3-2-4-6-16/h2-8,11,18H,9-10,12-14H2,1H3,(H,23,25). The molecule has 1 aliphatic rings. The summed E-state index contributed by atoms with van der Waals surface area (Å²) in [5.74, 6) is -1.53. The van der Waals surface area contributed by atoms with Gasteiger partial charge in [0, 0.05) is 25.7 Å². The molecule has 0 aromatic heterocycles. The van der Waals surface area contributed by atoms with Gasteiger partial charge in [-0.3, -0.25) is 9.69 Å². The summed E-state index contributed by atoms with van der Waals surface area (Å²) in [5.41, 5.74) is 1.79. The maximum Gasteiger partial charge on any atom is 0.338 e. The number of benzene rings is 2. The first-order valence-electron chi connectivity index (χ1n) is 9.00. The predicted octanol–water partition coefficient (Wildman–Crippen LogP) is 2.68. The number of hydrogen-bond acceptors (Lipinski definition) is 4. The SMILES string of the molecule is Cc1ccc(C(=O)OCC(=O)NC2CCN(Cc3ccccc3)C2)cc1F. The molecule has 0 bridgehead atoms. The van der Waals surface area contributed by atoms with Crippen LogP contribution in [0.4, 0.5) is 4.39 Å². The van der Waals surface area contributed by atoms with Crippen molar-refractivity contribution in [1.82, 2.24) is 10.2 Å². The highest BCUT2D eigenvalue weighted by Crippen LogP contribution is 2.14. The summed E-state index contributed by atoms with van der Waals surface area (Å²) in [6, 6.07) is 14.3. The average molecular weight is 370 g/mol. The minimum Gasteiger partial charge on any atom is -0.452 e. The predicted molar refractivity (Wildman–Crippen MR) is 99.7 cm³/mol. The fourth-order valence-corrected chi connectivity index (χ4v) is 3.14. The normalized spacial score (nSPS) is 16.9. The Morgan fingerprint density at radius 1 is 1.22 bits per heavy atom. The van der Waals surface area contributed by atoms with Crippen molar-refractivity contribution >= 4 is 11.9 Å². The minimum atomic E-state index is -0.707. The Balaban J connectivity index is 1.41. The van der Waals surface area contributed by atoms with Crippen molar-refractivity contribution in [2.24, 2.45) is 0 Å². The van der Waals surface area contributed by atoms with E-state index in [2.05, 4.69) is 22.3 Å². The molecule has 6 heteroatoms. The second-order valence-electron chi connectivity index (χ2n) is 6.81. The molecule has 1 N–H and O–H groups in total. The van der Waals surface area contributed by atoms with Crippen LogP contribution in [-0.4, -0.2) is 42.5 Å². The lowest BCUT2D eigenvalue weighted by molar-refractivity contribution is -0.124. The van der Waals surface area contributed by atoms with Gasteiger partial charge in [-0.1, -0.05) is 36.4 Å². The summed E-state index contributed by atoms with van der Waals surface area (Å²) in [7, 11) is 0. The third-order valence-corrected chi connectivity index (χ3v) is 4.63. The van der Waals surface area contributed by atoms with Crippen LogP contribution in [0.3, 0.4) is 0 Å². The lowest BCUT2D eigenvalue weighted by Gasteiger charge is -2.16. The molecule has 0 aliphatic carbocycles. The summed E-state index contributed by atoms with van der Waals surface area (Å²) < 4.78 is 18.5. The van der Waals surface area contributed by atoms with Crippen LogP contribution in [0.25, 0.3) is 0 Å². The Labute approximate surface area is 158 Å². The number of ether oxygens (including phenoxy) is 1. The minimum absolute atomic E-state index is 0.0386. The van der Waals surface area contributed by atoms with E-state index in [1.54, 1.807) is 6.92 Å². The largest absolute Gasteiger partial charge is 0.452 e. The monoisotopic (exact) mass is 370 g/mol. The van der Waals surface area contributed by atoms with Crippen LogP contribution in [0.2, 0.25) is 0 Å². The van der Waals surface area contributed by atoms with E-state index in [0.717, 1.165) is 32.1 Å². The zero-order valence-corrected chi connectivity index (χ0v) is 15.3. The Morgan fingerprint density at radius 2 is 2.00 bits per heavy atom. The second-order valence-corrected chi connectivity index (χ2v) is 6.81. The lowest BCUT2D eigenvalue weighted by Crippen LogP contribution is -2.39. The molecule has 5 nitrogen and oxygen atoms in total. The van der Waals surface area contributed by atoms with Crippen molar-refractivity contribution < 1.29 is 18.7 Å². The quantitative estimate of drug-likeness (QED) is 0.795. The first-order chi connectivity index (χ1) is 13.0. The van der Waals surface area contributed by atoms with Gasteiger partial charge in [-0.15, -0.1) is 0 Å². The Kier molecular flexibility index (Phi) is 6.19. The van der Waals surface area contributed by atoms with Gasteiger partial charge in [0.05, 0.1) is 5.56 Å². The molecule has 1 atom stereocenters. The molecule has 1 heterocycles. The third kappa shape index (κ3) is 5.37. The van der Waals surface area contributed by atoms with E-state index in [9.17, 15) is 14.0 Å². The van der Waals surface area contributed by atoms with E-state index in [1.807, 2.05) is 18.2 Å². The number of hydrogen-bond donors (Lipinski definition) is 1. The summed E-state index contributed by atoms with van der Waals surface area (Å²) in [5, 5.41) is 2.89. The smallest absolute Gasteiger partial charge is 0.338 e. The average Bonchev–Trinajstić information content (AvgIpc) is 3.09. The molecule has 142 valence electrons. The highest BCUT2D eigenvalue weighted by atomic mass is 19.1. The molecule has 0 spiro atoms. The zero-order chi connectivity index (χ0) is 19.2. The summed E-state index contributed by atoms with van der Waals surface area (Å²) in [4.78, 5) is 26.2. The topological polar surface area (TPSA) is 58.6 Å². The second kappa shape index (κ2) is 8.77. The molecule has 1 aliphatic heterocycles. The van der Waals surface area contributed by atoms with E-state index < -0.39 is 11.8 Å². The number of rotatable bonds is 6. The maximum absolute atomic E-state index is 13.5. The van der Waals surface area contributed by atoms with Crippen molar-refractivity contribution in [3.05, 3.63) is 71.0 Å². The van der Waals surface area contributed by atoms with E-state index in [1.165, 1.54) is 17.7 Å². The van der Waals surface area contributed by atoms with Crippen molar-refractivity contribution in [2.75, 3.05) is 19.7 Å². The Morgan fingerprint density at radius 3 is 2.74 bits per heavy atom. The molecule has 2 aromatic carbocycles. The number of halogens is 1. The van der Waals surface area contributed by atoms with Crippen molar-refractivity contribution in [3.8, 4) is 0 Å². The maximum atomic E-state index is 13.5. The molecule has 27 heavy (non-hydrogen) atoms. The van der Waals surface area contributed by atoms with Crippen LogP contribution in [-0.2, 0) is 16.1 Å². The number of carbonyl (C=O) groups is 2. The molecule has 0 radical (unpaired) electrons. The van der Waals surface area contributed by atoms with Crippen LogP contribution >= 0.6 is 0 Å². The van der Waals surface area contributed by atoms with E-state index in [4.69, 9.17) is 4.74 Å². The number of esters is 1. The number of amides is 1. The van der Waals surface area contributed by atoms with Gasteiger partial charge >= 0.3 is 5.97 Å². The highest BCUT2D eigenvalue weighted by molar-refractivity contribution is 5.91.